The molecule has 2 N–H and O–H groups in total. The molecule has 3 aromatic heterocycles. The lowest BCUT2D eigenvalue weighted by molar-refractivity contribution is 0.612. The first-order chi connectivity index (χ1) is 10.3. The summed E-state index contributed by atoms with van der Waals surface area (Å²) in [6.07, 6.45) is 4.13. The molecule has 21 heavy (non-hydrogen) atoms. The lowest BCUT2D eigenvalue weighted by Gasteiger charge is -2.03. The summed E-state index contributed by atoms with van der Waals surface area (Å²) < 4.78 is 1.88. The summed E-state index contributed by atoms with van der Waals surface area (Å²) in [5, 5.41) is 11.1. The number of hydrogen-bond donors (Lipinski definition) is 1. The molecule has 0 amide bonds. The molecular formula is C14H14N6S. The number of nitrogens with zero attached hydrogens (tertiary/aromatic N) is 5. The molecule has 0 bridgehead atoms. The Hall–Kier alpha value is -2.28. The standard InChI is InChI=1S/C14H14N6S/c15-13-12(9-4-5-9)20(19-18-13)7-10-8-21-14(17-10)11-3-1-2-6-16-11/h1-3,6,8-9H,4-5,7,15H2. The number of pyridine rings is 1. The van der Waals surface area contributed by atoms with Crippen LogP contribution in [0.25, 0.3) is 10.7 Å². The van der Waals surface area contributed by atoms with Crippen molar-refractivity contribution in [2.24, 2.45) is 0 Å². The Bertz CT molecular complexity index is 759. The maximum Gasteiger partial charge on any atom is 0.169 e. The summed E-state index contributed by atoms with van der Waals surface area (Å²) in [6, 6.07) is 5.83. The molecule has 3 aromatic rings. The Labute approximate surface area is 125 Å². The molecule has 1 aliphatic carbocycles. The molecule has 3 heterocycles. The predicted molar refractivity (Wildman–Crippen MR) is 80.9 cm³/mol. The molecule has 7 heteroatoms. The molecule has 4 rings (SSSR count). The fourth-order valence-electron chi connectivity index (χ4n) is 2.37. The quantitative estimate of drug-likeness (QED) is 0.799. The molecule has 6 nitrogen and oxygen atoms in total. The van der Waals surface area contributed by atoms with Gasteiger partial charge < -0.3 is 5.73 Å². The first kappa shape index (κ1) is 12.5. The molecule has 1 aliphatic rings. The number of thiazole rings is 1. The third kappa shape index (κ3) is 2.40. The van der Waals surface area contributed by atoms with Crippen LogP contribution in [0.1, 0.15) is 30.1 Å². The Morgan fingerprint density at radius 3 is 3.00 bits per heavy atom. The molecule has 0 aliphatic heterocycles. The van der Waals surface area contributed by atoms with Gasteiger partial charge in [0.15, 0.2) is 5.82 Å². The van der Waals surface area contributed by atoms with Gasteiger partial charge in [0.25, 0.3) is 0 Å². The second-order valence-electron chi connectivity index (χ2n) is 5.15. The van der Waals surface area contributed by atoms with E-state index in [9.17, 15) is 0 Å². The zero-order valence-electron chi connectivity index (χ0n) is 11.3. The van der Waals surface area contributed by atoms with Gasteiger partial charge in [0.1, 0.15) is 5.01 Å². The summed E-state index contributed by atoms with van der Waals surface area (Å²) in [5.74, 6) is 1.08. The van der Waals surface area contributed by atoms with Crippen LogP contribution in [0.4, 0.5) is 5.82 Å². The highest BCUT2D eigenvalue weighted by Crippen LogP contribution is 2.42. The second kappa shape index (κ2) is 4.92. The van der Waals surface area contributed by atoms with Crippen LogP contribution in [0.2, 0.25) is 0 Å². The minimum absolute atomic E-state index is 0.522. The van der Waals surface area contributed by atoms with Crippen LogP contribution >= 0.6 is 11.3 Å². The highest BCUT2D eigenvalue weighted by Gasteiger charge is 2.30. The number of nitrogens with two attached hydrogens (primary N) is 1. The van der Waals surface area contributed by atoms with Crippen molar-refractivity contribution in [3.63, 3.8) is 0 Å². The Kier molecular flexibility index (Phi) is 2.92. The topological polar surface area (TPSA) is 82.5 Å². The van der Waals surface area contributed by atoms with Crippen molar-refractivity contribution in [2.75, 3.05) is 5.73 Å². The zero-order valence-corrected chi connectivity index (χ0v) is 12.1. The molecular weight excluding hydrogens is 284 g/mol. The highest BCUT2D eigenvalue weighted by atomic mass is 32.1. The van der Waals surface area contributed by atoms with Gasteiger partial charge in [-0.05, 0) is 25.0 Å². The van der Waals surface area contributed by atoms with Crippen molar-refractivity contribution in [1.82, 2.24) is 25.0 Å². The molecule has 1 fully saturated rings. The minimum Gasteiger partial charge on any atom is -0.381 e. The van der Waals surface area contributed by atoms with Crippen molar-refractivity contribution in [1.29, 1.82) is 0 Å². The summed E-state index contributed by atoms with van der Waals surface area (Å²) in [5.41, 5.74) is 8.83. The van der Waals surface area contributed by atoms with Crippen molar-refractivity contribution < 1.29 is 0 Å². The summed E-state index contributed by atoms with van der Waals surface area (Å²) >= 11 is 1.59. The number of nitrogen functional groups attached to an aromatic ring is 1. The fourth-order valence-corrected chi connectivity index (χ4v) is 3.15. The third-order valence-corrected chi connectivity index (χ3v) is 4.43. The molecule has 0 saturated heterocycles. The lowest BCUT2D eigenvalue weighted by Crippen LogP contribution is -2.07. The van der Waals surface area contributed by atoms with Gasteiger partial charge in [-0.3, -0.25) is 4.98 Å². The normalized spacial score (nSPS) is 14.5. The van der Waals surface area contributed by atoms with E-state index in [1.807, 2.05) is 28.3 Å². The molecule has 106 valence electrons. The van der Waals surface area contributed by atoms with Gasteiger partial charge in [0.2, 0.25) is 0 Å². The number of rotatable bonds is 4. The van der Waals surface area contributed by atoms with Crippen LogP contribution in [-0.4, -0.2) is 25.0 Å². The van der Waals surface area contributed by atoms with E-state index in [-0.39, 0.29) is 0 Å². The second-order valence-corrected chi connectivity index (χ2v) is 6.01. The van der Waals surface area contributed by atoms with E-state index in [4.69, 9.17) is 5.73 Å². The Morgan fingerprint density at radius 1 is 1.33 bits per heavy atom. The van der Waals surface area contributed by atoms with Crippen molar-refractivity contribution >= 4 is 17.2 Å². The van der Waals surface area contributed by atoms with Crippen LogP contribution in [0.15, 0.2) is 29.8 Å². The highest BCUT2D eigenvalue weighted by molar-refractivity contribution is 7.13. The van der Waals surface area contributed by atoms with E-state index in [0.717, 1.165) is 22.1 Å². The van der Waals surface area contributed by atoms with Gasteiger partial charge in [0, 0.05) is 17.5 Å². The maximum atomic E-state index is 5.91. The van der Waals surface area contributed by atoms with Crippen LogP contribution in [-0.2, 0) is 6.54 Å². The van der Waals surface area contributed by atoms with E-state index in [1.54, 1.807) is 17.5 Å². The van der Waals surface area contributed by atoms with Crippen LogP contribution in [0.5, 0.6) is 0 Å². The number of anilines is 1. The molecule has 0 unspecified atom stereocenters. The Balaban J connectivity index is 1.60. The van der Waals surface area contributed by atoms with E-state index in [2.05, 4.69) is 20.3 Å². The average Bonchev–Trinajstić information content (AvgIpc) is 3.12. The average molecular weight is 298 g/mol. The van der Waals surface area contributed by atoms with Crippen LogP contribution in [0.3, 0.4) is 0 Å². The van der Waals surface area contributed by atoms with Crippen molar-refractivity contribution in [3.05, 3.63) is 41.2 Å². The molecule has 0 radical (unpaired) electrons. The maximum absolute atomic E-state index is 5.91. The van der Waals surface area contributed by atoms with Crippen molar-refractivity contribution in [3.8, 4) is 10.7 Å². The van der Waals surface area contributed by atoms with Gasteiger partial charge in [-0.25, -0.2) is 9.67 Å². The number of aromatic nitrogens is 5. The van der Waals surface area contributed by atoms with E-state index >= 15 is 0 Å². The van der Waals surface area contributed by atoms with Gasteiger partial charge >= 0.3 is 0 Å². The van der Waals surface area contributed by atoms with Gasteiger partial charge in [-0.1, -0.05) is 11.3 Å². The smallest absolute Gasteiger partial charge is 0.169 e. The number of hydrogen-bond acceptors (Lipinski definition) is 6. The fraction of sp³-hybridized carbons (Fsp3) is 0.286. The lowest BCUT2D eigenvalue weighted by atomic mass is 10.3. The SMILES string of the molecule is Nc1nnn(Cc2csc(-c3ccccn3)n2)c1C1CC1. The van der Waals surface area contributed by atoms with E-state index < -0.39 is 0 Å². The van der Waals surface area contributed by atoms with E-state index in [1.165, 1.54) is 12.8 Å². The molecule has 0 aromatic carbocycles. The predicted octanol–water partition coefficient (Wildman–Crippen LogP) is 2.30. The summed E-state index contributed by atoms with van der Waals surface area (Å²) in [4.78, 5) is 8.95. The molecule has 0 atom stereocenters. The first-order valence-corrected chi connectivity index (χ1v) is 7.74. The van der Waals surface area contributed by atoms with Gasteiger partial charge in [0.05, 0.1) is 23.6 Å². The van der Waals surface area contributed by atoms with Crippen molar-refractivity contribution in [2.45, 2.75) is 25.3 Å². The van der Waals surface area contributed by atoms with Crippen LogP contribution in [0, 0.1) is 0 Å². The summed E-state index contributed by atoms with van der Waals surface area (Å²) in [7, 11) is 0. The minimum atomic E-state index is 0.522. The van der Waals surface area contributed by atoms with Crippen LogP contribution < -0.4 is 5.73 Å². The summed E-state index contributed by atoms with van der Waals surface area (Å²) in [6.45, 7) is 0.610. The third-order valence-electron chi connectivity index (χ3n) is 3.51. The van der Waals surface area contributed by atoms with Gasteiger partial charge in [-0.15, -0.1) is 16.4 Å². The van der Waals surface area contributed by atoms with Gasteiger partial charge in [-0.2, -0.15) is 0 Å². The van der Waals surface area contributed by atoms with E-state index in [0.29, 0.717) is 18.3 Å². The zero-order chi connectivity index (χ0) is 14.2. The monoisotopic (exact) mass is 298 g/mol. The Morgan fingerprint density at radius 2 is 2.24 bits per heavy atom. The molecule has 1 saturated carbocycles. The first-order valence-electron chi connectivity index (χ1n) is 6.86. The largest absolute Gasteiger partial charge is 0.381 e. The molecule has 0 spiro atoms.